The number of morpholine rings is 1. The van der Waals surface area contributed by atoms with E-state index in [-0.39, 0.29) is 5.92 Å². The van der Waals surface area contributed by atoms with Crippen LogP contribution >= 0.6 is 0 Å². The lowest BCUT2D eigenvalue weighted by Crippen LogP contribution is -3.14. The largest absolute Gasteiger partial charge is 0.494 e. The van der Waals surface area contributed by atoms with Crippen LogP contribution in [0.4, 0.5) is 0 Å². The Morgan fingerprint density at radius 1 is 1.00 bits per heavy atom. The Labute approximate surface area is 150 Å². The molecule has 2 aromatic carbocycles. The number of rotatable bonds is 7. The number of nitrogens with one attached hydrogen (secondary N) is 1. The van der Waals surface area contributed by atoms with Gasteiger partial charge in [0, 0.05) is 0 Å². The summed E-state index contributed by atoms with van der Waals surface area (Å²) in [5, 5.41) is 11.1. The van der Waals surface area contributed by atoms with E-state index in [2.05, 4.69) is 12.1 Å². The summed E-state index contributed by atoms with van der Waals surface area (Å²) in [4.78, 5) is 1.49. The molecular weight excluding hydrogens is 314 g/mol. The first-order valence-electron chi connectivity index (χ1n) is 9.15. The van der Waals surface area contributed by atoms with Crippen LogP contribution in [0, 0.1) is 0 Å². The molecule has 4 nitrogen and oxygen atoms in total. The molecule has 25 heavy (non-hydrogen) atoms. The minimum absolute atomic E-state index is 0.0623. The standard InChI is InChI=1S/C21H27NO3/c1-2-25-19-10-8-18(9-11-19)21(23)20(17-6-4-3-5-7-17)16-22-12-14-24-15-13-22/h3-11,20-21,23H,2,12-16H2,1H3/p+1/t20-,21-/m0/s1. The third-order valence-corrected chi connectivity index (χ3v) is 4.85. The van der Waals surface area contributed by atoms with Crippen LogP contribution in [0.3, 0.4) is 0 Å². The van der Waals surface area contributed by atoms with E-state index in [1.807, 2.05) is 49.4 Å². The Kier molecular flexibility index (Phi) is 6.45. The highest BCUT2D eigenvalue weighted by Crippen LogP contribution is 2.31. The summed E-state index contributed by atoms with van der Waals surface area (Å²) >= 11 is 0. The van der Waals surface area contributed by atoms with Crippen molar-refractivity contribution >= 4 is 0 Å². The lowest BCUT2D eigenvalue weighted by atomic mass is 9.88. The first kappa shape index (κ1) is 17.9. The van der Waals surface area contributed by atoms with Crippen LogP contribution in [-0.4, -0.2) is 44.6 Å². The quantitative estimate of drug-likeness (QED) is 0.807. The highest BCUT2D eigenvalue weighted by atomic mass is 16.5. The van der Waals surface area contributed by atoms with Crippen molar-refractivity contribution in [3.05, 3.63) is 65.7 Å². The summed E-state index contributed by atoms with van der Waals surface area (Å²) < 4.78 is 11.0. The van der Waals surface area contributed by atoms with Crippen LogP contribution in [0.15, 0.2) is 54.6 Å². The Hall–Kier alpha value is -1.88. The molecule has 0 saturated carbocycles. The third-order valence-electron chi connectivity index (χ3n) is 4.85. The van der Waals surface area contributed by atoms with E-state index >= 15 is 0 Å². The van der Waals surface area contributed by atoms with Crippen LogP contribution in [0.25, 0.3) is 0 Å². The topological polar surface area (TPSA) is 43.1 Å². The molecule has 2 atom stereocenters. The molecule has 0 unspecified atom stereocenters. The van der Waals surface area contributed by atoms with Crippen molar-refractivity contribution in [1.29, 1.82) is 0 Å². The fourth-order valence-corrected chi connectivity index (χ4v) is 3.45. The van der Waals surface area contributed by atoms with Gasteiger partial charge in [-0.05, 0) is 30.2 Å². The SMILES string of the molecule is CCOc1ccc([C@H](O)[C@@H](C[NH+]2CCOCC2)c2ccccc2)cc1. The molecule has 1 aliphatic rings. The summed E-state index contributed by atoms with van der Waals surface area (Å²) in [5.41, 5.74) is 2.12. The van der Waals surface area contributed by atoms with Gasteiger partial charge in [-0.25, -0.2) is 0 Å². The predicted octanol–water partition coefficient (Wildman–Crippen LogP) is 1.82. The number of ether oxygens (including phenoxy) is 2. The van der Waals surface area contributed by atoms with Gasteiger partial charge in [0.25, 0.3) is 0 Å². The van der Waals surface area contributed by atoms with Gasteiger partial charge in [0.05, 0.1) is 38.4 Å². The van der Waals surface area contributed by atoms with Crippen LogP contribution < -0.4 is 9.64 Å². The average Bonchev–Trinajstić information content (AvgIpc) is 2.68. The second kappa shape index (κ2) is 8.99. The molecule has 0 aliphatic carbocycles. The molecule has 3 rings (SSSR count). The van der Waals surface area contributed by atoms with Crippen LogP contribution in [0.5, 0.6) is 5.75 Å². The van der Waals surface area contributed by atoms with Gasteiger partial charge in [-0.3, -0.25) is 0 Å². The van der Waals surface area contributed by atoms with Gasteiger partial charge in [-0.2, -0.15) is 0 Å². The smallest absolute Gasteiger partial charge is 0.119 e. The van der Waals surface area contributed by atoms with E-state index < -0.39 is 6.10 Å². The average molecular weight is 342 g/mol. The van der Waals surface area contributed by atoms with Crippen molar-refractivity contribution in [3.8, 4) is 5.75 Å². The fourth-order valence-electron chi connectivity index (χ4n) is 3.45. The molecule has 1 fully saturated rings. The summed E-state index contributed by atoms with van der Waals surface area (Å²) in [7, 11) is 0. The highest BCUT2D eigenvalue weighted by molar-refractivity contribution is 5.31. The van der Waals surface area contributed by atoms with E-state index in [0.717, 1.165) is 44.2 Å². The van der Waals surface area contributed by atoms with Gasteiger partial charge in [0.2, 0.25) is 0 Å². The summed E-state index contributed by atoms with van der Waals surface area (Å²) in [5.74, 6) is 0.903. The molecule has 0 spiro atoms. The van der Waals surface area contributed by atoms with Crippen molar-refractivity contribution in [2.75, 3.05) is 39.5 Å². The molecule has 0 aromatic heterocycles. The van der Waals surface area contributed by atoms with Gasteiger partial charge < -0.3 is 19.5 Å². The van der Waals surface area contributed by atoms with Gasteiger partial charge in [-0.1, -0.05) is 42.5 Å². The fraction of sp³-hybridized carbons (Fsp3) is 0.429. The summed E-state index contributed by atoms with van der Waals surface area (Å²) in [6.07, 6.45) is -0.534. The minimum atomic E-state index is -0.534. The van der Waals surface area contributed by atoms with Gasteiger partial charge in [0.15, 0.2) is 0 Å². The predicted molar refractivity (Wildman–Crippen MR) is 98.1 cm³/mol. The molecule has 134 valence electrons. The van der Waals surface area contributed by atoms with Crippen LogP contribution in [0.2, 0.25) is 0 Å². The number of aliphatic hydroxyl groups excluding tert-OH is 1. The van der Waals surface area contributed by atoms with Crippen molar-refractivity contribution in [3.63, 3.8) is 0 Å². The van der Waals surface area contributed by atoms with Crippen LogP contribution in [-0.2, 0) is 4.74 Å². The second-order valence-electron chi connectivity index (χ2n) is 6.53. The van der Waals surface area contributed by atoms with Crippen molar-refractivity contribution in [2.24, 2.45) is 0 Å². The minimum Gasteiger partial charge on any atom is -0.494 e. The maximum absolute atomic E-state index is 11.1. The van der Waals surface area contributed by atoms with Crippen molar-refractivity contribution < 1.29 is 19.5 Å². The lowest BCUT2D eigenvalue weighted by molar-refractivity contribution is -0.909. The molecular formula is C21H28NO3+. The number of hydrogen-bond acceptors (Lipinski definition) is 3. The zero-order valence-corrected chi connectivity index (χ0v) is 14.9. The summed E-state index contributed by atoms with van der Waals surface area (Å²) in [6, 6.07) is 18.2. The van der Waals surface area contributed by atoms with E-state index in [4.69, 9.17) is 9.47 Å². The van der Waals surface area contributed by atoms with Crippen LogP contribution in [0.1, 0.15) is 30.1 Å². The molecule has 0 amide bonds. The number of benzene rings is 2. The zero-order chi connectivity index (χ0) is 17.5. The maximum atomic E-state index is 11.1. The van der Waals surface area contributed by atoms with Crippen molar-refractivity contribution in [1.82, 2.24) is 0 Å². The number of hydrogen-bond donors (Lipinski definition) is 2. The lowest BCUT2D eigenvalue weighted by Gasteiger charge is -2.30. The van der Waals surface area contributed by atoms with Crippen molar-refractivity contribution in [2.45, 2.75) is 18.9 Å². The molecule has 1 aliphatic heterocycles. The number of aliphatic hydroxyl groups is 1. The van der Waals surface area contributed by atoms with E-state index in [1.54, 1.807) is 0 Å². The molecule has 1 saturated heterocycles. The zero-order valence-electron chi connectivity index (χ0n) is 14.9. The molecule has 4 heteroatoms. The van der Waals surface area contributed by atoms with E-state index in [1.165, 1.54) is 10.5 Å². The van der Waals surface area contributed by atoms with Gasteiger partial charge in [0.1, 0.15) is 18.8 Å². The first-order valence-corrected chi connectivity index (χ1v) is 9.15. The molecule has 1 heterocycles. The van der Waals surface area contributed by atoms with Gasteiger partial charge >= 0.3 is 0 Å². The summed E-state index contributed by atoms with van der Waals surface area (Å²) in [6.45, 7) is 7.13. The van der Waals surface area contributed by atoms with E-state index in [9.17, 15) is 5.11 Å². The third kappa shape index (κ3) is 4.82. The van der Waals surface area contributed by atoms with E-state index in [0.29, 0.717) is 6.61 Å². The Bertz CT molecular complexity index is 623. The molecule has 2 aromatic rings. The molecule has 0 radical (unpaired) electrons. The second-order valence-corrected chi connectivity index (χ2v) is 6.53. The normalized spacial score (nSPS) is 17.8. The maximum Gasteiger partial charge on any atom is 0.119 e. The Morgan fingerprint density at radius 2 is 1.68 bits per heavy atom. The number of quaternary nitrogens is 1. The highest BCUT2D eigenvalue weighted by Gasteiger charge is 2.28. The Morgan fingerprint density at radius 3 is 2.32 bits per heavy atom. The Balaban J connectivity index is 1.79. The monoisotopic (exact) mass is 342 g/mol. The molecule has 2 N–H and O–H groups in total. The molecule has 0 bridgehead atoms. The first-order chi connectivity index (χ1) is 12.3. The van der Waals surface area contributed by atoms with Gasteiger partial charge in [-0.15, -0.1) is 0 Å².